The summed E-state index contributed by atoms with van der Waals surface area (Å²) >= 11 is 0. The standard InChI is InChI=1S/C27H25BN2O2/c1-26(2)27(3,4)32-28(31-26)18-15-13-17(14-16-18)24-25-23(19-9-5-7-11-21(19)29-24)20-10-6-8-12-22(20)30-25/h5-16,30H,1-4H3. The van der Waals surface area contributed by atoms with Crippen molar-refractivity contribution in [3.63, 3.8) is 0 Å². The highest BCUT2D eigenvalue weighted by atomic mass is 16.7. The maximum Gasteiger partial charge on any atom is 0.494 e. The second kappa shape index (κ2) is 6.68. The Kier molecular flexibility index (Phi) is 4.08. The summed E-state index contributed by atoms with van der Waals surface area (Å²) in [5.74, 6) is 0. The van der Waals surface area contributed by atoms with Gasteiger partial charge < -0.3 is 14.3 Å². The molecule has 5 aromatic rings. The van der Waals surface area contributed by atoms with Crippen molar-refractivity contribution in [3.05, 3.63) is 72.8 Å². The molecule has 1 aliphatic rings. The third kappa shape index (κ3) is 2.82. The number of hydrogen-bond acceptors (Lipinski definition) is 3. The molecule has 0 spiro atoms. The highest BCUT2D eigenvalue weighted by Crippen LogP contribution is 2.38. The SMILES string of the molecule is CC1(C)OB(c2ccc(-c3nc4ccccc4c4c3[nH]c3ccccc34)cc2)OC1(C)C. The average molecular weight is 420 g/mol. The molecule has 1 saturated heterocycles. The summed E-state index contributed by atoms with van der Waals surface area (Å²) in [5.41, 5.74) is 5.50. The minimum absolute atomic E-state index is 0.354. The van der Waals surface area contributed by atoms with Crippen molar-refractivity contribution >= 4 is 45.3 Å². The first-order chi connectivity index (χ1) is 15.3. The lowest BCUT2D eigenvalue weighted by Gasteiger charge is -2.32. The van der Waals surface area contributed by atoms with E-state index in [1.165, 1.54) is 10.8 Å². The van der Waals surface area contributed by atoms with E-state index in [0.29, 0.717) is 0 Å². The number of aromatic amines is 1. The van der Waals surface area contributed by atoms with E-state index in [-0.39, 0.29) is 18.3 Å². The fourth-order valence-corrected chi connectivity index (χ4v) is 4.54. The van der Waals surface area contributed by atoms with Crippen LogP contribution in [0, 0.1) is 0 Å². The molecular formula is C27H25BN2O2. The van der Waals surface area contributed by atoms with Gasteiger partial charge in [-0.2, -0.15) is 0 Å². The number of aromatic nitrogens is 2. The number of para-hydroxylation sites is 2. The van der Waals surface area contributed by atoms with Crippen LogP contribution in [0.4, 0.5) is 0 Å². The number of nitrogens with zero attached hydrogens (tertiary/aromatic N) is 1. The maximum absolute atomic E-state index is 6.22. The van der Waals surface area contributed by atoms with Gasteiger partial charge in [-0.15, -0.1) is 0 Å². The Labute approximate surface area is 187 Å². The number of pyridine rings is 1. The van der Waals surface area contributed by atoms with Gasteiger partial charge in [-0.25, -0.2) is 4.98 Å². The molecule has 0 saturated carbocycles. The molecule has 6 rings (SSSR count). The van der Waals surface area contributed by atoms with Crippen LogP contribution in [-0.4, -0.2) is 28.3 Å². The van der Waals surface area contributed by atoms with Gasteiger partial charge in [-0.1, -0.05) is 60.7 Å². The van der Waals surface area contributed by atoms with E-state index >= 15 is 0 Å². The van der Waals surface area contributed by atoms with Crippen LogP contribution in [-0.2, 0) is 9.31 Å². The van der Waals surface area contributed by atoms with E-state index in [9.17, 15) is 0 Å². The molecule has 0 amide bonds. The summed E-state index contributed by atoms with van der Waals surface area (Å²) in [7, 11) is -0.369. The van der Waals surface area contributed by atoms with E-state index in [2.05, 4.69) is 99.4 Å². The van der Waals surface area contributed by atoms with Crippen LogP contribution in [0.25, 0.3) is 44.0 Å². The van der Waals surface area contributed by atoms with Crippen molar-refractivity contribution in [2.24, 2.45) is 0 Å². The summed E-state index contributed by atoms with van der Waals surface area (Å²) < 4.78 is 12.4. The number of rotatable bonds is 2. The molecule has 4 nitrogen and oxygen atoms in total. The minimum atomic E-state index is -0.369. The molecule has 0 aliphatic carbocycles. The summed E-state index contributed by atoms with van der Waals surface area (Å²) in [6.07, 6.45) is 0. The van der Waals surface area contributed by atoms with Gasteiger partial charge in [-0.3, -0.25) is 0 Å². The molecule has 158 valence electrons. The van der Waals surface area contributed by atoms with Crippen molar-refractivity contribution in [3.8, 4) is 11.3 Å². The third-order valence-electron chi connectivity index (χ3n) is 7.06. The van der Waals surface area contributed by atoms with Gasteiger partial charge in [0.25, 0.3) is 0 Å². The van der Waals surface area contributed by atoms with Crippen LogP contribution < -0.4 is 5.46 Å². The van der Waals surface area contributed by atoms with Crippen LogP contribution in [0.5, 0.6) is 0 Å². The van der Waals surface area contributed by atoms with Gasteiger partial charge in [0.1, 0.15) is 0 Å². The Morgan fingerprint density at radius 3 is 2.09 bits per heavy atom. The largest absolute Gasteiger partial charge is 0.494 e. The normalized spacial score (nSPS) is 17.6. The number of H-pyrrole nitrogens is 1. The van der Waals surface area contributed by atoms with Gasteiger partial charge in [0.2, 0.25) is 0 Å². The number of fused-ring (bicyclic) bond motifs is 5. The molecule has 3 aromatic carbocycles. The van der Waals surface area contributed by atoms with Crippen LogP contribution >= 0.6 is 0 Å². The summed E-state index contributed by atoms with van der Waals surface area (Å²) in [4.78, 5) is 8.67. The van der Waals surface area contributed by atoms with E-state index < -0.39 is 0 Å². The minimum Gasteiger partial charge on any atom is -0.399 e. The molecule has 1 N–H and O–H groups in total. The molecule has 5 heteroatoms. The van der Waals surface area contributed by atoms with Gasteiger partial charge >= 0.3 is 7.12 Å². The highest BCUT2D eigenvalue weighted by molar-refractivity contribution is 6.62. The predicted molar refractivity (Wildman–Crippen MR) is 132 cm³/mol. The zero-order chi connectivity index (χ0) is 22.1. The molecule has 2 aromatic heterocycles. The van der Waals surface area contributed by atoms with Crippen molar-refractivity contribution in [2.75, 3.05) is 0 Å². The first kappa shape index (κ1) is 19.5. The monoisotopic (exact) mass is 420 g/mol. The average Bonchev–Trinajstić information content (AvgIpc) is 3.27. The summed E-state index contributed by atoms with van der Waals surface area (Å²) in [5, 5.41) is 3.60. The van der Waals surface area contributed by atoms with Crippen molar-refractivity contribution in [2.45, 2.75) is 38.9 Å². The number of benzene rings is 3. The Morgan fingerprint density at radius 1 is 0.750 bits per heavy atom. The molecule has 0 bridgehead atoms. The second-order valence-electron chi connectivity index (χ2n) is 9.61. The van der Waals surface area contributed by atoms with E-state index in [1.54, 1.807) is 0 Å². The zero-order valence-corrected chi connectivity index (χ0v) is 18.8. The van der Waals surface area contributed by atoms with Crippen molar-refractivity contribution in [1.29, 1.82) is 0 Å². The lowest BCUT2D eigenvalue weighted by Crippen LogP contribution is -2.41. The highest BCUT2D eigenvalue weighted by Gasteiger charge is 2.51. The maximum atomic E-state index is 6.22. The van der Waals surface area contributed by atoms with Gasteiger partial charge in [0.05, 0.1) is 27.9 Å². The topological polar surface area (TPSA) is 47.1 Å². The molecule has 0 unspecified atom stereocenters. The smallest absolute Gasteiger partial charge is 0.399 e. The van der Waals surface area contributed by atoms with Crippen molar-refractivity contribution in [1.82, 2.24) is 9.97 Å². The Hall–Kier alpha value is -3.15. The summed E-state index contributed by atoms with van der Waals surface area (Å²) in [6.45, 7) is 8.31. The predicted octanol–water partition coefficient (Wildman–Crippen LogP) is 5.84. The molecule has 0 radical (unpaired) electrons. The molecule has 32 heavy (non-hydrogen) atoms. The first-order valence-electron chi connectivity index (χ1n) is 11.1. The van der Waals surface area contributed by atoms with E-state index in [0.717, 1.165) is 38.7 Å². The second-order valence-corrected chi connectivity index (χ2v) is 9.61. The molecule has 1 aliphatic heterocycles. The Morgan fingerprint density at radius 2 is 1.38 bits per heavy atom. The fraction of sp³-hybridized carbons (Fsp3) is 0.222. The van der Waals surface area contributed by atoms with E-state index in [1.807, 2.05) is 6.07 Å². The lowest BCUT2D eigenvalue weighted by atomic mass is 9.78. The molecular weight excluding hydrogens is 395 g/mol. The zero-order valence-electron chi connectivity index (χ0n) is 18.8. The van der Waals surface area contributed by atoms with E-state index in [4.69, 9.17) is 14.3 Å². The summed E-state index contributed by atoms with van der Waals surface area (Å²) in [6, 6.07) is 25.2. The third-order valence-corrected chi connectivity index (χ3v) is 7.06. The van der Waals surface area contributed by atoms with Crippen LogP contribution in [0.2, 0.25) is 0 Å². The van der Waals surface area contributed by atoms with Gasteiger partial charge in [0, 0.05) is 27.2 Å². The van der Waals surface area contributed by atoms with Gasteiger partial charge in [-0.05, 0) is 45.3 Å². The fourth-order valence-electron chi connectivity index (χ4n) is 4.54. The number of nitrogens with one attached hydrogen (secondary N) is 1. The number of hydrogen-bond donors (Lipinski definition) is 1. The van der Waals surface area contributed by atoms with Crippen LogP contribution in [0.3, 0.4) is 0 Å². The molecule has 3 heterocycles. The first-order valence-corrected chi connectivity index (χ1v) is 11.1. The Balaban J connectivity index is 1.50. The van der Waals surface area contributed by atoms with Crippen LogP contribution in [0.1, 0.15) is 27.7 Å². The molecule has 1 fully saturated rings. The van der Waals surface area contributed by atoms with Crippen LogP contribution in [0.15, 0.2) is 72.8 Å². The Bertz CT molecular complexity index is 1470. The molecule has 0 atom stereocenters. The van der Waals surface area contributed by atoms with Crippen molar-refractivity contribution < 1.29 is 9.31 Å². The van der Waals surface area contributed by atoms with Gasteiger partial charge in [0.15, 0.2) is 0 Å². The quantitative estimate of drug-likeness (QED) is 0.365. The lowest BCUT2D eigenvalue weighted by molar-refractivity contribution is 0.00578.